The highest BCUT2D eigenvalue weighted by Gasteiger charge is 2.03. The molecule has 0 aliphatic carbocycles. The van der Waals surface area contributed by atoms with Crippen LogP contribution in [0.4, 0.5) is 4.39 Å². The molecule has 0 saturated heterocycles. The molecule has 0 heterocycles. The summed E-state index contributed by atoms with van der Waals surface area (Å²) in [6.45, 7) is 4.63. The molecular formula is C15H14BrFO. The van der Waals surface area contributed by atoms with E-state index in [0.717, 1.165) is 5.56 Å². The van der Waals surface area contributed by atoms with Gasteiger partial charge in [0, 0.05) is 0 Å². The molecule has 0 unspecified atom stereocenters. The maximum absolute atomic E-state index is 12.9. The van der Waals surface area contributed by atoms with Crippen LogP contribution in [0.15, 0.2) is 40.9 Å². The molecular weight excluding hydrogens is 295 g/mol. The average molecular weight is 309 g/mol. The summed E-state index contributed by atoms with van der Waals surface area (Å²) in [4.78, 5) is 0. The van der Waals surface area contributed by atoms with Gasteiger partial charge < -0.3 is 4.74 Å². The summed E-state index contributed by atoms with van der Waals surface area (Å²) in [6.07, 6.45) is 0. The van der Waals surface area contributed by atoms with Crippen molar-refractivity contribution >= 4 is 15.9 Å². The zero-order chi connectivity index (χ0) is 13.1. The molecule has 0 radical (unpaired) electrons. The van der Waals surface area contributed by atoms with Gasteiger partial charge in [0.25, 0.3) is 0 Å². The van der Waals surface area contributed by atoms with Gasteiger partial charge in [-0.2, -0.15) is 0 Å². The van der Waals surface area contributed by atoms with Gasteiger partial charge in [0.2, 0.25) is 0 Å². The van der Waals surface area contributed by atoms with Crippen LogP contribution < -0.4 is 4.74 Å². The van der Waals surface area contributed by atoms with Crippen LogP contribution in [0.1, 0.15) is 16.7 Å². The topological polar surface area (TPSA) is 9.23 Å². The third kappa shape index (κ3) is 3.10. The van der Waals surface area contributed by atoms with E-state index in [1.807, 2.05) is 6.07 Å². The zero-order valence-electron chi connectivity index (χ0n) is 10.3. The number of ether oxygens (including phenoxy) is 1. The molecule has 2 aromatic carbocycles. The third-order valence-corrected chi connectivity index (χ3v) is 3.48. The molecule has 0 aliphatic heterocycles. The number of hydrogen-bond donors (Lipinski definition) is 0. The fourth-order valence-electron chi connectivity index (χ4n) is 1.65. The minimum Gasteiger partial charge on any atom is -0.488 e. The lowest BCUT2D eigenvalue weighted by atomic mass is 10.1. The van der Waals surface area contributed by atoms with Crippen molar-refractivity contribution in [2.75, 3.05) is 0 Å². The Morgan fingerprint density at radius 2 is 1.83 bits per heavy atom. The van der Waals surface area contributed by atoms with Gasteiger partial charge in [0.05, 0.1) is 4.47 Å². The van der Waals surface area contributed by atoms with Crippen molar-refractivity contribution in [2.24, 2.45) is 0 Å². The maximum atomic E-state index is 12.9. The first kappa shape index (κ1) is 13.1. The first-order valence-corrected chi connectivity index (χ1v) is 6.49. The van der Waals surface area contributed by atoms with Gasteiger partial charge >= 0.3 is 0 Å². The van der Waals surface area contributed by atoms with E-state index in [4.69, 9.17) is 4.74 Å². The first-order valence-electron chi connectivity index (χ1n) is 5.70. The summed E-state index contributed by atoms with van der Waals surface area (Å²) in [5.74, 6) is 0.370. The van der Waals surface area contributed by atoms with Gasteiger partial charge in [0.15, 0.2) is 0 Å². The Morgan fingerprint density at radius 3 is 2.50 bits per heavy atom. The minimum absolute atomic E-state index is 0.277. The van der Waals surface area contributed by atoms with Crippen LogP contribution in [0.25, 0.3) is 0 Å². The Kier molecular flexibility index (Phi) is 4.02. The summed E-state index contributed by atoms with van der Waals surface area (Å²) in [5, 5.41) is 0. The summed E-state index contributed by atoms with van der Waals surface area (Å²) in [7, 11) is 0. The lowest BCUT2D eigenvalue weighted by molar-refractivity contribution is 0.303. The number of hydrogen-bond acceptors (Lipinski definition) is 1. The quantitative estimate of drug-likeness (QED) is 0.792. The SMILES string of the molecule is Cc1ccc(COc2ccc(F)cc2Br)cc1C. The average Bonchev–Trinajstić information content (AvgIpc) is 2.32. The van der Waals surface area contributed by atoms with E-state index in [1.54, 1.807) is 6.07 Å². The van der Waals surface area contributed by atoms with Crippen molar-refractivity contribution in [1.82, 2.24) is 0 Å². The van der Waals surface area contributed by atoms with E-state index < -0.39 is 0 Å². The summed E-state index contributed by atoms with van der Waals surface area (Å²) >= 11 is 3.28. The van der Waals surface area contributed by atoms with Crippen molar-refractivity contribution < 1.29 is 9.13 Å². The van der Waals surface area contributed by atoms with Crippen molar-refractivity contribution in [3.8, 4) is 5.75 Å². The Hall–Kier alpha value is -1.35. The molecule has 94 valence electrons. The van der Waals surface area contributed by atoms with Gasteiger partial charge in [-0.25, -0.2) is 4.39 Å². The van der Waals surface area contributed by atoms with Gasteiger partial charge in [0.1, 0.15) is 18.2 Å². The van der Waals surface area contributed by atoms with Crippen molar-refractivity contribution in [3.63, 3.8) is 0 Å². The van der Waals surface area contributed by atoms with Crippen LogP contribution in [0.5, 0.6) is 5.75 Å². The normalized spacial score (nSPS) is 10.4. The van der Waals surface area contributed by atoms with E-state index in [1.165, 1.54) is 23.3 Å². The lowest BCUT2D eigenvalue weighted by Crippen LogP contribution is -1.97. The Bertz CT molecular complexity index is 566. The van der Waals surface area contributed by atoms with Gasteiger partial charge in [-0.1, -0.05) is 18.2 Å². The molecule has 1 nitrogen and oxygen atoms in total. The van der Waals surface area contributed by atoms with E-state index in [0.29, 0.717) is 16.8 Å². The molecule has 0 amide bonds. The largest absolute Gasteiger partial charge is 0.488 e. The number of halogens is 2. The first-order chi connectivity index (χ1) is 8.56. The van der Waals surface area contributed by atoms with Crippen LogP contribution in [-0.2, 0) is 6.61 Å². The standard InChI is InChI=1S/C15H14BrFO/c1-10-3-4-12(7-11(10)2)9-18-15-6-5-13(17)8-14(15)16/h3-8H,9H2,1-2H3. The minimum atomic E-state index is -0.277. The van der Waals surface area contributed by atoms with Crippen molar-refractivity contribution in [2.45, 2.75) is 20.5 Å². The van der Waals surface area contributed by atoms with Crippen molar-refractivity contribution in [3.05, 3.63) is 63.4 Å². The summed E-state index contributed by atoms with van der Waals surface area (Å²) < 4.78 is 19.2. The maximum Gasteiger partial charge on any atom is 0.134 e. The van der Waals surface area contributed by atoms with Crippen LogP contribution in [0.2, 0.25) is 0 Å². The second-order valence-electron chi connectivity index (χ2n) is 4.28. The monoisotopic (exact) mass is 308 g/mol. The third-order valence-electron chi connectivity index (χ3n) is 2.86. The summed E-state index contributed by atoms with van der Waals surface area (Å²) in [6, 6.07) is 10.6. The van der Waals surface area contributed by atoms with Crippen LogP contribution in [-0.4, -0.2) is 0 Å². The lowest BCUT2D eigenvalue weighted by Gasteiger charge is -2.09. The number of rotatable bonds is 3. The number of aryl methyl sites for hydroxylation is 2. The van der Waals surface area contributed by atoms with E-state index in [9.17, 15) is 4.39 Å². The van der Waals surface area contributed by atoms with Crippen LogP contribution >= 0.6 is 15.9 Å². The summed E-state index contributed by atoms with van der Waals surface area (Å²) in [5.41, 5.74) is 3.62. The van der Waals surface area contributed by atoms with Gasteiger partial charge in [-0.3, -0.25) is 0 Å². The van der Waals surface area contributed by atoms with Gasteiger partial charge in [-0.15, -0.1) is 0 Å². The van der Waals surface area contributed by atoms with Gasteiger partial charge in [-0.05, 0) is 64.7 Å². The molecule has 0 atom stereocenters. The number of benzene rings is 2. The molecule has 0 saturated carbocycles. The Labute approximate surface area is 115 Å². The molecule has 0 fully saturated rings. The molecule has 0 bridgehead atoms. The van der Waals surface area contributed by atoms with E-state index in [2.05, 4.69) is 41.9 Å². The predicted octanol–water partition coefficient (Wildman–Crippen LogP) is 4.78. The Balaban J connectivity index is 2.09. The fourth-order valence-corrected chi connectivity index (χ4v) is 2.11. The highest BCUT2D eigenvalue weighted by molar-refractivity contribution is 9.10. The Morgan fingerprint density at radius 1 is 1.06 bits per heavy atom. The molecule has 2 rings (SSSR count). The smallest absolute Gasteiger partial charge is 0.134 e. The molecule has 0 N–H and O–H groups in total. The molecule has 18 heavy (non-hydrogen) atoms. The van der Waals surface area contributed by atoms with E-state index >= 15 is 0 Å². The fraction of sp³-hybridized carbons (Fsp3) is 0.200. The molecule has 0 aromatic heterocycles. The molecule has 0 spiro atoms. The van der Waals surface area contributed by atoms with Crippen LogP contribution in [0.3, 0.4) is 0 Å². The molecule has 2 aromatic rings. The van der Waals surface area contributed by atoms with E-state index in [-0.39, 0.29) is 5.82 Å². The zero-order valence-corrected chi connectivity index (χ0v) is 11.9. The molecule has 3 heteroatoms. The second kappa shape index (κ2) is 5.53. The predicted molar refractivity (Wildman–Crippen MR) is 74.3 cm³/mol. The second-order valence-corrected chi connectivity index (χ2v) is 5.14. The van der Waals surface area contributed by atoms with Crippen LogP contribution in [0, 0.1) is 19.7 Å². The van der Waals surface area contributed by atoms with Crippen molar-refractivity contribution in [1.29, 1.82) is 0 Å². The highest BCUT2D eigenvalue weighted by Crippen LogP contribution is 2.26. The highest BCUT2D eigenvalue weighted by atomic mass is 79.9. The molecule has 0 aliphatic rings.